The molecule has 0 N–H and O–H groups in total. The molecule has 0 amide bonds. The summed E-state index contributed by atoms with van der Waals surface area (Å²) in [4.78, 5) is 0. The lowest BCUT2D eigenvalue weighted by molar-refractivity contribution is -0.142. The van der Waals surface area contributed by atoms with Gasteiger partial charge in [0.25, 0.3) is 0 Å². The van der Waals surface area contributed by atoms with E-state index in [2.05, 4.69) is 6.58 Å². The molecule has 3 aromatic carbocycles. The molecule has 0 unspecified atom stereocenters. The summed E-state index contributed by atoms with van der Waals surface area (Å²) in [6.07, 6.45) is 2.56. The van der Waals surface area contributed by atoms with Crippen molar-refractivity contribution in [1.29, 1.82) is 0 Å². The first-order valence-corrected chi connectivity index (χ1v) is 11.5. The van der Waals surface area contributed by atoms with E-state index in [1.807, 2.05) is 24.3 Å². The Morgan fingerprint density at radius 3 is 2.15 bits per heavy atom. The van der Waals surface area contributed by atoms with Crippen molar-refractivity contribution in [3.63, 3.8) is 0 Å². The first-order valence-electron chi connectivity index (χ1n) is 11.5. The number of hydrogen-bond acceptors (Lipinski definition) is 0. The Hall–Kier alpha value is -2.76. The van der Waals surface area contributed by atoms with Crippen LogP contribution in [-0.4, -0.2) is 0 Å². The van der Waals surface area contributed by atoms with Crippen molar-refractivity contribution in [2.45, 2.75) is 57.0 Å². The second-order valence-corrected chi connectivity index (χ2v) is 9.19. The molecule has 1 fully saturated rings. The van der Waals surface area contributed by atoms with E-state index in [1.54, 1.807) is 12.1 Å². The first kappa shape index (κ1) is 24.4. The summed E-state index contributed by atoms with van der Waals surface area (Å²) in [6.45, 7) is 3.82. The molecule has 3 aromatic rings. The minimum absolute atomic E-state index is 0.0143. The molecular formula is C28H26F6. The zero-order valence-electron chi connectivity index (χ0n) is 18.7. The van der Waals surface area contributed by atoms with Crippen LogP contribution < -0.4 is 0 Å². The summed E-state index contributed by atoms with van der Waals surface area (Å²) >= 11 is 0. The molecule has 6 heteroatoms. The van der Waals surface area contributed by atoms with E-state index in [1.165, 1.54) is 5.56 Å². The predicted octanol–water partition coefficient (Wildman–Crippen LogP) is 8.91. The van der Waals surface area contributed by atoms with E-state index in [9.17, 15) is 22.0 Å². The van der Waals surface area contributed by atoms with Gasteiger partial charge in [-0.3, -0.25) is 0 Å². The standard InChI is InChI=1S/C28H26F6/c1-2-3-17-4-7-19(8-5-17)21-12-13-23-22(16-21)11-10-20(27(23)31)9-6-18-14-24(29)26(25(30)15-18)28(32,33)34/h2,10-17,19H,1,3-9H2. The maximum atomic E-state index is 15.2. The van der Waals surface area contributed by atoms with E-state index in [-0.39, 0.29) is 18.4 Å². The van der Waals surface area contributed by atoms with Crippen molar-refractivity contribution in [1.82, 2.24) is 0 Å². The van der Waals surface area contributed by atoms with Crippen LogP contribution in [0.25, 0.3) is 10.8 Å². The van der Waals surface area contributed by atoms with Crippen LogP contribution in [0.2, 0.25) is 0 Å². The molecule has 0 atom stereocenters. The molecule has 0 nitrogen and oxygen atoms in total. The summed E-state index contributed by atoms with van der Waals surface area (Å²) in [6, 6.07) is 10.6. The Labute approximate surface area is 195 Å². The summed E-state index contributed by atoms with van der Waals surface area (Å²) in [7, 11) is 0. The van der Waals surface area contributed by atoms with Crippen molar-refractivity contribution in [2.75, 3.05) is 0 Å². The van der Waals surface area contributed by atoms with Crippen LogP contribution in [0.4, 0.5) is 26.3 Å². The van der Waals surface area contributed by atoms with Crippen molar-refractivity contribution in [3.05, 3.63) is 94.8 Å². The van der Waals surface area contributed by atoms with Crippen molar-refractivity contribution in [2.24, 2.45) is 5.92 Å². The van der Waals surface area contributed by atoms with Crippen molar-refractivity contribution in [3.8, 4) is 0 Å². The number of benzene rings is 3. The zero-order valence-corrected chi connectivity index (χ0v) is 18.7. The second-order valence-electron chi connectivity index (χ2n) is 9.19. The van der Waals surface area contributed by atoms with Gasteiger partial charge in [0, 0.05) is 5.39 Å². The smallest absolute Gasteiger partial charge is 0.206 e. The molecule has 0 saturated heterocycles. The molecule has 0 bridgehead atoms. The SMILES string of the molecule is C=CCC1CCC(c2ccc3c(F)c(CCc4cc(F)c(C(F)(F)F)c(F)c4)ccc3c2)CC1. The number of rotatable bonds is 6. The molecular weight excluding hydrogens is 450 g/mol. The highest BCUT2D eigenvalue weighted by Crippen LogP contribution is 2.38. The number of allylic oxidation sites excluding steroid dienone is 1. The Kier molecular flexibility index (Phi) is 7.06. The fourth-order valence-electron chi connectivity index (χ4n) is 5.09. The third kappa shape index (κ3) is 5.16. The predicted molar refractivity (Wildman–Crippen MR) is 122 cm³/mol. The molecule has 1 saturated carbocycles. The van der Waals surface area contributed by atoms with Gasteiger partial charge < -0.3 is 0 Å². The van der Waals surface area contributed by atoms with E-state index in [4.69, 9.17) is 0 Å². The molecule has 0 aromatic heterocycles. The van der Waals surface area contributed by atoms with Crippen LogP contribution in [0, 0.1) is 23.4 Å². The second kappa shape index (κ2) is 9.85. The lowest BCUT2D eigenvalue weighted by Crippen LogP contribution is -2.12. The molecule has 1 aliphatic rings. The highest BCUT2D eigenvalue weighted by Gasteiger charge is 2.37. The highest BCUT2D eigenvalue weighted by molar-refractivity contribution is 5.84. The summed E-state index contributed by atoms with van der Waals surface area (Å²) < 4.78 is 81.1. The highest BCUT2D eigenvalue weighted by atomic mass is 19.4. The van der Waals surface area contributed by atoms with Gasteiger partial charge in [-0.05, 0) is 91.0 Å². The van der Waals surface area contributed by atoms with Crippen LogP contribution in [-0.2, 0) is 19.0 Å². The molecule has 0 heterocycles. The minimum Gasteiger partial charge on any atom is -0.206 e. The van der Waals surface area contributed by atoms with Crippen LogP contribution in [0.15, 0.2) is 55.1 Å². The van der Waals surface area contributed by atoms with Gasteiger partial charge in [0.1, 0.15) is 23.0 Å². The third-order valence-electron chi connectivity index (χ3n) is 6.94. The van der Waals surface area contributed by atoms with Crippen LogP contribution in [0.1, 0.15) is 60.3 Å². The number of hydrogen-bond donors (Lipinski definition) is 0. The molecule has 0 spiro atoms. The molecule has 0 radical (unpaired) electrons. The fourth-order valence-corrected chi connectivity index (χ4v) is 5.09. The lowest BCUT2D eigenvalue weighted by Gasteiger charge is -2.28. The number of fused-ring (bicyclic) bond motifs is 1. The average molecular weight is 477 g/mol. The molecule has 1 aliphatic carbocycles. The molecule has 4 rings (SSSR count). The normalized spacial score (nSPS) is 18.9. The van der Waals surface area contributed by atoms with Crippen molar-refractivity contribution < 1.29 is 26.3 Å². The maximum absolute atomic E-state index is 15.2. The van der Waals surface area contributed by atoms with Gasteiger partial charge in [0.15, 0.2) is 0 Å². The summed E-state index contributed by atoms with van der Waals surface area (Å²) in [5.74, 6) is -2.58. The van der Waals surface area contributed by atoms with Crippen LogP contribution in [0.3, 0.4) is 0 Å². The fraction of sp³-hybridized carbons (Fsp3) is 0.357. The zero-order chi connectivity index (χ0) is 24.5. The molecule has 180 valence electrons. The van der Waals surface area contributed by atoms with Gasteiger partial charge in [-0.1, -0.05) is 36.4 Å². The van der Waals surface area contributed by atoms with Gasteiger partial charge in [0.05, 0.1) is 0 Å². The van der Waals surface area contributed by atoms with Gasteiger partial charge in [-0.2, -0.15) is 13.2 Å². The van der Waals surface area contributed by atoms with E-state index < -0.39 is 29.2 Å². The van der Waals surface area contributed by atoms with Crippen molar-refractivity contribution >= 4 is 10.8 Å². The average Bonchev–Trinajstić information content (AvgIpc) is 2.78. The van der Waals surface area contributed by atoms with Gasteiger partial charge >= 0.3 is 6.18 Å². The largest absolute Gasteiger partial charge is 0.422 e. The lowest BCUT2D eigenvalue weighted by atomic mass is 9.77. The topological polar surface area (TPSA) is 0 Å². The van der Waals surface area contributed by atoms with Gasteiger partial charge in [-0.15, -0.1) is 6.58 Å². The minimum atomic E-state index is -5.11. The number of alkyl halides is 3. The molecule has 0 aliphatic heterocycles. The summed E-state index contributed by atoms with van der Waals surface area (Å²) in [5, 5.41) is 1.25. The molecule has 34 heavy (non-hydrogen) atoms. The third-order valence-corrected chi connectivity index (χ3v) is 6.94. The monoisotopic (exact) mass is 476 g/mol. The number of halogens is 6. The van der Waals surface area contributed by atoms with Gasteiger partial charge in [0.2, 0.25) is 0 Å². The Morgan fingerprint density at radius 2 is 1.53 bits per heavy atom. The van der Waals surface area contributed by atoms with E-state index >= 15 is 4.39 Å². The number of aryl methyl sites for hydroxylation is 2. The van der Waals surface area contributed by atoms with Crippen LogP contribution in [0.5, 0.6) is 0 Å². The quantitative estimate of drug-likeness (QED) is 0.246. The van der Waals surface area contributed by atoms with Gasteiger partial charge in [-0.25, -0.2) is 13.2 Å². The Bertz CT molecular complexity index is 1160. The maximum Gasteiger partial charge on any atom is 0.422 e. The Balaban J connectivity index is 1.49. The van der Waals surface area contributed by atoms with Crippen LogP contribution >= 0.6 is 0 Å². The Morgan fingerprint density at radius 1 is 0.853 bits per heavy atom. The summed E-state index contributed by atoms with van der Waals surface area (Å²) in [5.41, 5.74) is -0.304. The van der Waals surface area contributed by atoms with E-state index in [0.717, 1.165) is 37.5 Å². The van der Waals surface area contributed by atoms with E-state index in [0.29, 0.717) is 34.9 Å². The first-order chi connectivity index (χ1) is 16.2.